The number of anilines is 1. The van der Waals surface area contributed by atoms with Gasteiger partial charge in [-0.1, -0.05) is 41.0 Å². The molecule has 0 spiro atoms. The minimum absolute atomic E-state index is 0.143. The number of aromatic nitrogens is 1. The average Bonchev–Trinajstić information content (AvgIpc) is 2.63. The van der Waals surface area contributed by atoms with Crippen LogP contribution in [0.4, 0.5) is 5.69 Å². The smallest absolute Gasteiger partial charge is 0.183 e. The van der Waals surface area contributed by atoms with Gasteiger partial charge in [-0.2, -0.15) is 0 Å². The first-order chi connectivity index (χ1) is 13.5. The van der Waals surface area contributed by atoms with E-state index in [1.165, 1.54) is 6.42 Å². The van der Waals surface area contributed by atoms with E-state index >= 15 is 0 Å². The number of benzene rings is 2. The third kappa shape index (κ3) is 5.16. The first-order valence-corrected chi connectivity index (χ1v) is 11.4. The summed E-state index contributed by atoms with van der Waals surface area (Å²) in [6.45, 7) is 11.6. The molecule has 1 aliphatic heterocycles. The molecule has 0 N–H and O–H groups in total. The third-order valence-corrected chi connectivity index (χ3v) is 7.14. The molecular weight excluding hydrogens is 376 g/mol. The van der Waals surface area contributed by atoms with Crippen molar-refractivity contribution >= 4 is 27.2 Å². The van der Waals surface area contributed by atoms with Crippen molar-refractivity contribution in [3.05, 3.63) is 46.1 Å². The predicted molar refractivity (Wildman–Crippen MR) is 128 cm³/mol. The quantitative estimate of drug-likeness (QED) is 0.411. The van der Waals surface area contributed by atoms with Gasteiger partial charge in [0.05, 0.1) is 20.8 Å². The molecule has 1 heterocycles. The zero-order valence-electron chi connectivity index (χ0n) is 18.9. The average molecular weight is 411 g/mol. The Hall–Kier alpha value is -1.94. The van der Waals surface area contributed by atoms with Gasteiger partial charge in [0.1, 0.15) is 0 Å². The van der Waals surface area contributed by atoms with Crippen LogP contribution in [0.1, 0.15) is 59.4 Å². The number of aryl methyl sites for hydroxylation is 1. The Bertz CT molecular complexity index is 1030. The fourth-order valence-corrected chi connectivity index (χ4v) is 5.15. The fraction of sp³-hybridized carbons (Fsp3) is 0.520. The largest absolute Gasteiger partial charge is 0.378 e. The summed E-state index contributed by atoms with van der Waals surface area (Å²) in [6.07, 6.45) is 4.16. The first-order valence-electron chi connectivity index (χ1n) is 10.5. The lowest BCUT2D eigenvalue weighted by Crippen LogP contribution is -2.24. The Kier molecular flexibility index (Phi) is 6.05. The highest BCUT2D eigenvalue weighted by molar-refractivity contribution is 7.21. The van der Waals surface area contributed by atoms with Gasteiger partial charge in [-0.25, -0.2) is 4.98 Å². The Morgan fingerprint density at radius 2 is 1.76 bits per heavy atom. The van der Waals surface area contributed by atoms with E-state index in [0.717, 1.165) is 51.3 Å². The second-order valence-corrected chi connectivity index (χ2v) is 11.1. The van der Waals surface area contributed by atoms with Crippen LogP contribution in [0.3, 0.4) is 0 Å². The summed E-state index contributed by atoms with van der Waals surface area (Å²) < 4.78 is 1.11. The molecule has 4 heteroatoms. The maximum Gasteiger partial charge on any atom is 0.183 e. The second-order valence-electron chi connectivity index (χ2n) is 10.0. The van der Waals surface area contributed by atoms with Crippen molar-refractivity contribution in [2.45, 2.75) is 60.3 Å². The topological polar surface area (TPSA) is 33.2 Å². The van der Waals surface area contributed by atoms with Crippen LogP contribution in [-0.2, 0) is 6.42 Å². The fourth-order valence-electron chi connectivity index (χ4n) is 4.14. The van der Waals surface area contributed by atoms with Crippen LogP contribution in [0, 0.1) is 10.8 Å². The Balaban J connectivity index is 1.89. The van der Waals surface area contributed by atoms with Crippen LogP contribution >= 0.6 is 11.3 Å². The molecule has 29 heavy (non-hydrogen) atoms. The molecule has 0 amide bonds. The molecule has 1 aliphatic carbocycles. The molecule has 1 aromatic rings. The van der Waals surface area contributed by atoms with Crippen LogP contribution in [-0.4, -0.2) is 19.1 Å². The van der Waals surface area contributed by atoms with Gasteiger partial charge >= 0.3 is 0 Å². The van der Waals surface area contributed by atoms with Crippen molar-refractivity contribution in [3.8, 4) is 10.6 Å². The van der Waals surface area contributed by atoms with Gasteiger partial charge in [-0.15, -0.1) is 11.3 Å². The SMILES string of the molecule is CCC(C)(C)CC(C)(C)CCc1cc2nc3ccc(N(C)C)cc3sc-2cc1=O. The summed E-state index contributed by atoms with van der Waals surface area (Å²) in [6, 6.07) is 10.1. The molecule has 0 saturated heterocycles. The van der Waals surface area contributed by atoms with Crippen molar-refractivity contribution < 1.29 is 0 Å². The van der Waals surface area contributed by atoms with Crippen LogP contribution in [0.15, 0.2) is 35.1 Å². The molecule has 0 bridgehead atoms. The van der Waals surface area contributed by atoms with Gasteiger partial charge in [0, 0.05) is 31.4 Å². The highest BCUT2D eigenvalue weighted by atomic mass is 32.1. The minimum Gasteiger partial charge on any atom is -0.378 e. The number of fused-ring (bicyclic) bond motifs is 2. The summed E-state index contributed by atoms with van der Waals surface area (Å²) in [5.74, 6) is 0. The highest BCUT2D eigenvalue weighted by Crippen LogP contribution is 2.39. The normalized spacial score (nSPS) is 12.7. The van der Waals surface area contributed by atoms with Gasteiger partial charge < -0.3 is 4.90 Å². The number of hydrogen-bond acceptors (Lipinski definition) is 4. The Morgan fingerprint density at radius 1 is 1.03 bits per heavy atom. The van der Waals surface area contributed by atoms with Crippen molar-refractivity contribution in [2.75, 3.05) is 19.0 Å². The van der Waals surface area contributed by atoms with Crippen molar-refractivity contribution in [1.29, 1.82) is 0 Å². The standard InChI is InChI=1S/C25H34N2OS/c1-8-24(2,3)16-25(4,5)12-11-17-13-20-23(15-21(17)28)29-22-14-18(27(6)7)9-10-19(22)26-20/h9-10,13-15H,8,11-12,16H2,1-7H3. The van der Waals surface area contributed by atoms with Gasteiger partial charge in [-0.05, 0) is 54.4 Å². The maximum absolute atomic E-state index is 12.8. The second kappa shape index (κ2) is 8.06. The zero-order chi connectivity index (χ0) is 21.4. The van der Waals surface area contributed by atoms with E-state index in [1.807, 2.05) is 20.2 Å². The van der Waals surface area contributed by atoms with Gasteiger partial charge in [0.15, 0.2) is 5.43 Å². The van der Waals surface area contributed by atoms with Crippen LogP contribution < -0.4 is 10.3 Å². The summed E-state index contributed by atoms with van der Waals surface area (Å²) in [5, 5.41) is 0. The first kappa shape index (κ1) is 21.8. The van der Waals surface area contributed by atoms with Crippen LogP contribution in [0.25, 0.3) is 20.8 Å². The monoisotopic (exact) mass is 410 g/mol. The van der Waals surface area contributed by atoms with E-state index in [0.29, 0.717) is 5.41 Å². The third-order valence-electron chi connectivity index (χ3n) is 6.05. The van der Waals surface area contributed by atoms with E-state index in [1.54, 1.807) is 17.4 Å². The van der Waals surface area contributed by atoms with Gasteiger partial charge in [-0.3, -0.25) is 4.79 Å². The van der Waals surface area contributed by atoms with Crippen molar-refractivity contribution in [3.63, 3.8) is 0 Å². The number of rotatable bonds is 7. The minimum atomic E-state index is 0.143. The summed E-state index contributed by atoms with van der Waals surface area (Å²) >= 11 is 1.65. The lowest BCUT2D eigenvalue weighted by atomic mass is 9.71. The molecule has 0 fully saturated rings. The summed E-state index contributed by atoms with van der Waals surface area (Å²) in [4.78, 5) is 20.7. The number of nitrogens with zero attached hydrogens (tertiary/aromatic N) is 2. The van der Waals surface area contributed by atoms with Crippen LogP contribution in [0.2, 0.25) is 0 Å². The molecule has 0 radical (unpaired) electrons. The van der Waals surface area contributed by atoms with Crippen molar-refractivity contribution in [2.24, 2.45) is 10.8 Å². The lowest BCUT2D eigenvalue weighted by molar-refractivity contribution is 0.177. The molecule has 3 nitrogen and oxygen atoms in total. The Morgan fingerprint density at radius 3 is 2.41 bits per heavy atom. The van der Waals surface area contributed by atoms with E-state index in [9.17, 15) is 4.79 Å². The van der Waals surface area contributed by atoms with Crippen LogP contribution in [0.5, 0.6) is 0 Å². The molecule has 0 aromatic heterocycles. The predicted octanol–water partition coefficient (Wildman–Crippen LogP) is 6.61. The summed E-state index contributed by atoms with van der Waals surface area (Å²) in [7, 11) is 4.07. The molecule has 0 saturated carbocycles. The zero-order valence-corrected chi connectivity index (χ0v) is 19.7. The molecule has 0 atom stereocenters. The molecule has 0 unspecified atom stereocenters. The van der Waals surface area contributed by atoms with E-state index < -0.39 is 0 Å². The summed E-state index contributed by atoms with van der Waals surface area (Å²) in [5.41, 5.74) is 4.65. The lowest BCUT2D eigenvalue weighted by Gasteiger charge is -2.34. The van der Waals surface area contributed by atoms with Crippen molar-refractivity contribution in [1.82, 2.24) is 4.98 Å². The number of hydrogen-bond donors (Lipinski definition) is 0. The molecule has 3 rings (SSSR count). The van der Waals surface area contributed by atoms with E-state index in [2.05, 4.69) is 57.7 Å². The van der Waals surface area contributed by atoms with Gasteiger partial charge in [0.2, 0.25) is 0 Å². The molecule has 1 aromatic carbocycles. The highest BCUT2D eigenvalue weighted by Gasteiger charge is 2.27. The van der Waals surface area contributed by atoms with E-state index in [-0.39, 0.29) is 10.8 Å². The molecular formula is C25H34N2OS. The molecule has 156 valence electrons. The van der Waals surface area contributed by atoms with Gasteiger partial charge in [0.25, 0.3) is 0 Å². The molecule has 2 aliphatic rings. The maximum atomic E-state index is 12.8. The Labute approximate surface area is 179 Å². The van der Waals surface area contributed by atoms with E-state index in [4.69, 9.17) is 4.98 Å².